The smallest absolute Gasteiger partial charge is 0.269 e. The Morgan fingerprint density at radius 1 is 1.24 bits per heavy atom. The Morgan fingerprint density at radius 2 is 1.90 bits per heavy atom. The van der Waals surface area contributed by atoms with Gasteiger partial charge in [0, 0.05) is 17.7 Å². The minimum absolute atomic E-state index is 0.00617. The number of nitriles is 1. The van der Waals surface area contributed by atoms with Gasteiger partial charge >= 0.3 is 0 Å². The molecule has 0 aliphatic carbocycles. The van der Waals surface area contributed by atoms with Crippen molar-refractivity contribution in [1.82, 2.24) is 0 Å². The number of ether oxygens (including phenoxy) is 1. The van der Waals surface area contributed by atoms with Crippen molar-refractivity contribution < 1.29 is 9.66 Å². The van der Waals surface area contributed by atoms with Crippen LogP contribution < -0.4 is 4.74 Å². The molecule has 0 heterocycles. The second-order valence-electron chi connectivity index (χ2n) is 4.22. The van der Waals surface area contributed by atoms with Gasteiger partial charge in [0.2, 0.25) is 0 Å². The van der Waals surface area contributed by atoms with Crippen LogP contribution in [0.1, 0.15) is 11.1 Å². The molecule has 0 aliphatic heterocycles. The van der Waals surface area contributed by atoms with Gasteiger partial charge < -0.3 is 4.74 Å². The molecule has 2 rings (SSSR count). The van der Waals surface area contributed by atoms with Crippen LogP contribution in [-0.4, -0.2) is 12.0 Å². The van der Waals surface area contributed by atoms with Gasteiger partial charge in [-0.3, -0.25) is 10.1 Å². The first kappa shape index (κ1) is 14.3. The fourth-order valence-corrected chi connectivity index (χ4v) is 1.88. The molecule has 0 N–H and O–H groups in total. The number of nitro benzene ring substituents is 1. The molecule has 5 heteroatoms. The van der Waals surface area contributed by atoms with Crippen molar-refractivity contribution in [3.63, 3.8) is 0 Å². The summed E-state index contributed by atoms with van der Waals surface area (Å²) < 4.78 is 5.23. The third-order valence-electron chi connectivity index (χ3n) is 2.95. The number of benzene rings is 2. The Bertz CT molecular complexity index is 728. The maximum absolute atomic E-state index is 10.6. The van der Waals surface area contributed by atoms with Crippen LogP contribution in [0, 0.1) is 21.4 Å². The molecule has 5 nitrogen and oxygen atoms in total. The first-order chi connectivity index (χ1) is 10.2. The summed E-state index contributed by atoms with van der Waals surface area (Å²) in [6.45, 7) is 0. The number of methoxy groups -OCH3 is 1. The molecule has 0 bridgehead atoms. The van der Waals surface area contributed by atoms with Gasteiger partial charge in [-0.2, -0.15) is 5.26 Å². The summed E-state index contributed by atoms with van der Waals surface area (Å²) in [5.41, 5.74) is 1.80. The van der Waals surface area contributed by atoms with Crippen LogP contribution in [0.3, 0.4) is 0 Å². The van der Waals surface area contributed by atoms with E-state index in [1.807, 2.05) is 18.2 Å². The van der Waals surface area contributed by atoms with Crippen LogP contribution in [0.5, 0.6) is 5.75 Å². The second kappa shape index (κ2) is 6.35. The number of allylic oxidation sites excluding steroid dienone is 1. The standard InChI is InChI=1S/C16H12N2O3/c1-21-16-5-3-2-4-13(16)10-14(11-17)12-6-8-15(9-7-12)18(19)20/h2-10H,1H3/b14-10+. The molecule has 104 valence electrons. The zero-order valence-electron chi connectivity index (χ0n) is 11.3. The van der Waals surface area contributed by atoms with E-state index >= 15 is 0 Å². The molecule has 0 unspecified atom stereocenters. The van der Waals surface area contributed by atoms with Gasteiger partial charge in [0.05, 0.1) is 23.7 Å². The van der Waals surface area contributed by atoms with Crippen molar-refractivity contribution in [2.75, 3.05) is 7.11 Å². The maximum atomic E-state index is 10.6. The summed E-state index contributed by atoms with van der Waals surface area (Å²) in [6, 6.07) is 15.3. The Hall–Kier alpha value is -3.13. The largest absolute Gasteiger partial charge is 0.496 e. The molecule has 0 spiro atoms. The van der Waals surface area contributed by atoms with Crippen molar-refractivity contribution >= 4 is 17.3 Å². The Balaban J connectivity index is 2.42. The molecule has 0 atom stereocenters. The zero-order valence-corrected chi connectivity index (χ0v) is 11.3. The monoisotopic (exact) mass is 280 g/mol. The van der Waals surface area contributed by atoms with E-state index in [4.69, 9.17) is 4.74 Å². The summed E-state index contributed by atoms with van der Waals surface area (Å²) >= 11 is 0. The number of non-ortho nitro benzene ring substituents is 1. The molecular weight excluding hydrogens is 268 g/mol. The van der Waals surface area contributed by atoms with Crippen LogP contribution in [0.15, 0.2) is 48.5 Å². The SMILES string of the molecule is COc1ccccc1/C=C(\C#N)c1ccc([N+](=O)[O-])cc1. The van der Waals surface area contributed by atoms with Crippen LogP contribution in [0.4, 0.5) is 5.69 Å². The summed E-state index contributed by atoms with van der Waals surface area (Å²) in [5, 5.41) is 19.9. The van der Waals surface area contributed by atoms with Crippen LogP contribution in [-0.2, 0) is 0 Å². The van der Waals surface area contributed by atoms with Gasteiger partial charge in [-0.15, -0.1) is 0 Å². The average Bonchev–Trinajstić information content (AvgIpc) is 2.53. The van der Waals surface area contributed by atoms with Crippen LogP contribution in [0.25, 0.3) is 11.6 Å². The summed E-state index contributed by atoms with van der Waals surface area (Å²) in [6.07, 6.45) is 1.69. The number of para-hydroxylation sites is 1. The van der Waals surface area contributed by atoms with E-state index in [2.05, 4.69) is 6.07 Å². The normalized spacial score (nSPS) is 10.8. The van der Waals surface area contributed by atoms with Gasteiger partial charge in [0.1, 0.15) is 5.75 Å². The minimum atomic E-state index is -0.472. The molecule has 0 saturated heterocycles. The predicted molar refractivity (Wildman–Crippen MR) is 79.6 cm³/mol. The van der Waals surface area contributed by atoms with Crippen molar-refractivity contribution in [1.29, 1.82) is 5.26 Å². The number of nitro groups is 1. The highest BCUT2D eigenvalue weighted by molar-refractivity contribution is 5.90. The highest BCUT2D eigenvalue weighted by atomic mass is 16.6. The lowest BCUT2D eigenvalue weighted by Gasteiger charge is -2.05. The van der Waals surface area contributed by atoms with Crippen LogP contribution >= 0.6 is 0 Å². The number of hydrogen-bond acceptors (Lipinski definition) is 4. The van der Waals surface area contributed by atoms with Crippen molar-refractivity contribution in [2.45, 2.75) is 0 Å². The lowest BCUT2D eigenvalue weighted by molar-refractivity contribution is -0.384. The molecule has 0 amide bonds. The number of hydrogen-bond donors (Lipinski definition) is 0. The fourth-order valence-electron chi connectivity index (χ4n) is 1.88. The molecular formula is C16H12N2O3. The lowest BCUT2D eigenvalue weighted by atomic mass is 10.0. The fraction of sp³-hybridized carbons (Fsp3) is 0.0625. The summed E-state index contributed by atoms with van der Waals surface area (Å²) in [4.78, 5) is 10.2. The predicted octanol–water partition coefficient (Wildman–Crippen LogP) is 3.67. The molecule has 0 radical (unpaired) electrons. The Labute approximate surface area is 121 Å². The Morgan fingerprint density at radius 3 is 2.48 bits per heavy atom. The first-order valence-electron chi connectivity index (χ1n) is 6.15. The summed E-state index contributed by atoms with van der Waals surface area (Å²) in [5.74, 6) is 0.659. The van der Waals surface area contributed by atoms with E-state index in [0.717, 1.165) is 5.56 Å². The van der Waals surface area contributed by atoms with E-state index in [-0.39, 0.29) is 5.69 Å². The van der Waals surface area contributed by atoms with Gasteiger partial charge in [0.15, 0.2) is 0 Å². The second-order valence-corrected chi connectivity index (χ2v) is 4.22. The number of nitrogens with zero attached hydrogens (tertiary/aromatic N) is 2. The molecule has 2 aromatic carbocycles. The van der Waals surface area contributed by atoms with E-state index in [1.165, 1.54) is 12.1 Å². The third-order valence-corrected chi connectivity index (χ3v) is 2.95. The topological polar surface area (TPSA) is 76.2 Å². The van der Waals surface area contributed by atoms with E-state index in [0.29, 0.717) is 16.9 Å². The first-order valence-corrected chi connectivity index (χ1v) is 6.15. The molecule has 0 aromatic heterocycles. The minimum Gasteiger partial charge on any atom is -0.496 e. The van der Waals surface area contributed by atoms with E-state index in [9.17, 15) is 15.4 Å². The van der Waals surface area contributed by atoms with Crippen molar-refractivity contribution in [3.05, 3.63) is 69.8 Å². The van der Waals surface area contributed by atoms with Gasteiger partial charge in [-0.05, 0) is 29.8 Å². The maximum Gasteiger partial charge on any atom is 0.269 e. The van der Waals surface area contributed by atoms with E-state index < -0.39 is 4.92 Å². The Kier molecular flexibility index (Phi) is 4.32. The van der Waals surface area contributed by atoms with Crippen molar-refractivity contribution in [3.8, 4) is 11.8 Å². The highest BCUT2D eigenvalue weighted by Crippen LogP contribution is 2.25. The molecule has 21 heavy (non-hydrogen) atoms. The average molecular weight is 280 g/mol. The van der Waals surface area contributed by atoms with E-state index in [1.54, 1.807) is 31.4 Å². The zero-order chi connectivity index (χ0) is 15.2. The van der Waals surface area contributed by atoms with Gasteiger partial charge in [-0.1, -0.05) is 18.2 Å². The molecule has 0 fully saturated rings. The molecule has 0 aliphatic rings. The third kappa shape index (κ3) is 3.25. The lowest BCUT2D eigenvalue weighted by Crippen LogP contribution is -1.89. The summed E-state index contributed by atoms with van der Waals surface area (Å²) in [7, 11) is 1.56. The van der Waals surface area contributed by atoms with Crippen LogP contribution in [0.2, 0.25) is 0 Å². The van der Waals surface area contributed by atoms with Gasteiger partial charge in [0.25, 0.3) is 5.69 Å². The highest BCUT2D eigenvalue weighted by Gasteiger charge is 2.08. The molecule has 2 aromatic rings. The van der Waals surface area contributed by atoms with Crippen molar-refractivity contribution in [2.24, 2.45) is 0 Å². The number of rotatable bonds is 4. The van der Waals surface area contributed by atoms with Gasteiger partial charge in [-0.25, -0.2) is 0 Å². The quantitative estimate of drug-likeness (QED) is 0.370. The molecule has 0 saturated carbocycles.